The van der Waals surface area contributed by atoms with Crippen LogP contribution in [0.2, 0.25) is 0 Å². The molecule has 1 amide bonds. The lowest BCUT2D eigenvalue weighted by Gasteiger charge is -2.26. The third-order valence-corrected chi connectivity index (χ3v) is 3.14. The van der Waals surface area contributed by atoms with Gasteiger partial charge in [-0.15, -0.1) is 0 Å². The number of nitrogens with two attached hydrogens (primary N) is 1. The fourth-order valence-electron chi connectivity index (χ4n) is 1.65. The lowest BCUT2D eigenvalue weighted by atomic mass is 10.1. The second-order valence-electron chi connectivity index (χ2n) is 4.39. The zero-order valence-corrected chi connectivity index (χ0v) is 12.9. The Morgan fingerprint density at radius 3 is 2.67 bits per heavy atom. The number of rotatable bonds is 5. The first kappa shape index (κ1) is 15.1. The molecule has 0 atom stereocenters. The summed E-state index contributed by atoms with van der Waals surface area (Å²) in [4.78, 5) is 14.2. The van der Waals surface area contributed by atoms with Crippen molar-refractivity contribution in [3.05, 3.63) is 34.3 Å². The van der Waals surface area contributed by atoms with E-state index in [1.165, 1.54) is 0 Å². The summed E-state index contributed by atoms with van der Waals surface area (Å²) in [6.45, 7) is 4.24. The van der Waals surface area contributed by atoms with Gasteiger partial charge in [0, 0.05) is 10.5 Å². The van der Waals surface area contributed by atoms with Crippen LogP contribution in [0.5, 0.6) is 0 Å². The van der Waals surface area contributed by atoms with Crippen molar-refractivity contribution in [1.82, 2.24) is 4.90 Å². The maximum Gasteiger partial charge on any atom is 0.227 e. The van der Waals surface area contributed by atoms with E-state index < -0.39 is 0 Å². The van der Waals surface area contributed by atoms with Crippen molar-refractivity contribution in [3.63, 3.8) is 0 Å². The third-order valence-electron chi connectivity index (χ3n) is 2.51. The normalized spacial score (nSPS) is 10.4. The standard InChI is InChI=1S/C13H17BrN2OS/c1-9(2)16(8-12(15)18)13(17)7-10-4-3-5-11(14)6-10/h3-6,9H,7-8H2,1-2H3,(H2,15,18). The molecule has 18 heavy (non-hydrogen) atoms. The second-order valence-corrected chi connectivity index (χ2v) is 5.83. The summed E-state index contributed by atoms with van der Waals surface area (Å²) >= 11 is 8.26. The summed E-state index contributed by atoms with van der Waals surface area (Å²) in [5, 5.41) is 0. The highest BCUT2D eigenvalue weighted by Crippen LogP contribution is 2.13. The van der Waals surface area contributed by atoms with Crippen LogP contribution in [0.25, 0.3) is 0 Å². The van der Waals surface area contributed by atoms with Crippen LogP contribution in [0.15, 0.2) is 28.7 Å². The molecule has 1 rings (SSSR count). The van der Waals surface area contributed by atoms with Crippen LogP contribution in [0.1, 0.15) is 19.4 Å². The molecule has 98 valence electrons. The highest BCUT2D eigenvalue weighted by atomic mass is 79.9. The molecule has 0 saturated heterocycles. The third kappa shape index (κ3) is 4.74. The van der Waals surface area contributed by atoms with E-state index in [0.717, 1.165) is 10.0 Å². The van der Waals surface area contributed by atoms with E-state index in [4.69, 9.17) is 18.0 Å². The minimum Gasteiger partial charge on any atom is -0.392 e. The molecule has 0 aliphatic rings. The van der Waals surface area contributed by atoms with Gasteiger partial charge in [0.15, 0.2) is 0 Å². The van der Waals surface area contributed by atoms with Crippen molar-refractivity contribution in [1.29, 1.82) is 0 Å². The topological polar surface area (TPSA) is 46.3 Å². The van der Waals surface area contributed by atoms with Crippen LogP contribution >= 0.6 is 28.1 Å². The van der Waals surface area contributed by atoms with Crippen molar-refractivity contribution in [2.75, 3.05) is 6.54 Å². The number of carbonyl (C=O) groups is 1. The number of benzene rings is 1. The van der Waals surface area contributed by atoms with E-state index in [0.29, 0.717) is 18.0 Å². The summed E-state index contributed by atoms with van der Waals surface area (Å²) in [6.07, 6.45) is 0.361. The van der Waals surface area contributed by atoms with Crippen molar-refractivity contribution in [3.8, 4) is 0 Å². The molecule has 0 radical (unpaired) electrons. The van der Waals surface area contributed by atoms with Crippen LogP contribution in [0, 0.1) is 0 Å². The molecule has 0 aliphatic carbocycles. The van der Waals surface area contributed by atoms with Gasteiger partial charge in [-0.05, 0) is 31.5 Å². The van der Waals surface area contributed by atoms with Crippen molar-refractivity contribution < 1.29 is 4.79 Å². The molecule has 1 aromatic rings. The Labute approximate surface area is 121 Å². The van der Waals surface area contributed by atoms with E-state index in [1.54, 1.807) is 4.90 Å². The molecule has 3 nitrogen and oxygen atoms in total. The number of carbonyl (C=O) groups excluding carboxylic acids is 1. The first-order chi connectivity index (χ1) is 8.40. The first-order valence-electron chi connectivity index (χ1n) is 5.72. The fourth-order valence-corrected chi connectivity index (χ4v) is 2.24. The van der Waals surface area contributed by atoms with E-state index in [-0.39, 0.29) is 11.9 Å². The van der Waals surface area contributed by atoms with Crippen LogP contribution in [0.3, 0.4) is 0 Å². The van der Waals surface area contributed by atoms with Gasteiger partial charge < -0.3 is 10.6 Å². The molecule has 0 aromatic heterocycles. The highest BCUT2D eigenvalue weighted by molar-refractivity contribution is 9.10. The molecule has 0 spiro atoms. The molecule has 2 N–H and O–H groups in total. The Morgan fingerprint density at radius 2 is 2.17 bits per heavy atom. The molecule has 0 bridgehead atoms. The van der Waals surface area contributed by atoms with Gasteiger partial charge in [-0.2, -0.15) is 0 Å². The van der Waals surface area contributed by atoms with Gasteiger partial charge in [0.2, 0.25) is 5.91 Å². The van der Waals surface area contributed by atoms with Crippen LogP contribution in [-0.4, -0.2) is 28.4 Å². The number of hydrogen-bond donors (Lipinski definition) is 1. The van der Waals surface area contributed by atoms with Gasteiger partial charge in [0.05, 0.1) is 18.0 Å². The molecule has 0 fully saturated rings. The Balaban J connectivity index is 2.75. The fraction of sp³-hybridized carbons (Fsp3) is 0.385. The number of nitrogens with zero attached hydrogens (tertiary/aromatic N) is 1. The van der Waals surface area contributed by atoms with Crippen LogP contribution in [0.4, 0.5) is 0 Å². The molecule has 1 aromatic carbocycles. The summed E-state index contributed by atoms with van der Waals surface area (Å²) in [5.41, 5.74) is 6.49. The van der Waals surface area contributed by atoms with Gasteiger partial charge >= 0.3 is 0 Å². The molecule has 5 heteroatoms. The highest BCUT2D eigenvalue weighted by Gasteiger charge is 2.17. The van der Waals surface area contributed by atoms with Crippen LogP contribution in [-0.2, 0) is 11.2 Å². The van der Waals surface area contributed by atoms with E-state index in [2.05, 4.69) is 15.9 Å². The largest absolute Gasteiger partial charge is 0.392 e. The summed E-state index contributed by atoms with van der Waals surface area (Å²) in [7, 11) is 0. The van der Waals surface area contributed by atoms with Gasteiger partial charge in [0.25, 0.3) is 0 Å². The Kier molecular flexibility index (Phi) is 5.75. The first-order valence-corrected chi connectivity index (χ1v) is 6.92. The zero-order chi connectivity index (χ0) is 13.7. The Morgan fingerprint density at radius 1 is 1.50 bits per heavy atom. The predicted molar refractivity (Wildman–Crippen MR) is 81.5 cm³/mol. The smallest absolute Gasteiger partial charge is 0.227 e. The molecule has 0 heterocycles. The second kappa shape index (κ2) is 6.85. The lowest BCUT2D eigenvalue weighted by Crippen LogP contribution is -2.42. The Bertz CT molecular complexity index is 448. The molecular formula is C13H17BrN2OS. The lowest BCUT2D eigenvalue weighted by molar-refractivity contribution is -0.131. The van der Waals surface area contributed by atoms with Crippen molar-refractivity contribution in [2.45, 2.75) is 26.3 Å². The number of amides is 1. The average molecular weight is 329 g/mol. The van der Waals surface area contributed by atoms with E-state index in [9.17, 15) is 4.79 Å². The molecule has 0 aliphatic heterocycles. The monoisotopic (exact) mass is 328 g/mol. The molecule has 0 unspecified atom stereocenters. The zero-order valence-electron chi connectivity index (χ0n) is 10.5. The van der Waals surface area contributed by atoms with E-state index >= 15 is 0 Å². The number of halogens is 1. The predicted octanol–water partition coefficient (Wildman–Crippen LogP) is 2.51. The van der Waals surface area contributed by atoms with Gasteiger partial charge in [-0.25, -0.2) is 0 Å². The quantitative estimate of drug-likeness (QED) is 0.845. The summed E-state index contributed by atoms with van der Waals surface area (Å²) < 4.78 is 0.971. The minimum absolute atomic E-state index is 0.0379. The van der Waals surface area contributed by atoms with Crippen LogP contribution < -0.4 is 5.73 Å². The Hall–Kier alpha value is -0.940. The minimum atomic E-state index is 0.0379. The van der Waals surface area contributed by atoms with Crippen molar-refractivity contribution in [2.24, 2.45) is 5.73 Å². The SMILES string of the molecule is CC(C)N(CC(N)=S)C(=O)Cc1cccc(Br)c1. The number of hydrogen-bond acceptors (Lipinski definition) is 2. The average Bonchev–Trinajstić information content (AvgIpc) is 2.25. The van der Waals surface area contributed by atoms with E-state index in [1.807, 2.05) is 38.1 Å². The molecular weight excluding hydrogens is 312 g/mol. The maximum atomic E-state index is 12.2. The molecule has 0 saturated carbocycles. The summed E-state index contributed by atoms with van der Waals surface area (Å²) in [5.74, 6) is 0.0379. The van der Waals surface area contributed by atoms with Gasteiger partial charge in [-0.3, -0.25) is 4.79 Å². The maximum absolute atomic E-state index is 12.2. The summed E-state index contributed by atoms with van der Waals surface area (Å²) in [6, 6.07) is 7.81. The van der Waals surface area contributed by atoms with Crippen molar-refractivity contribution >= 4 is 39.0 Å². The van der Waals surface area contributed by atoms with Gasteiger partial charge in [0.1, 0.15) is 0 Å². The number of thiocarbonyl (C=S) groups is 1. The van der Waals surface area contributed by atoms with Gasteiger partial charge in [-0.1, -0.05) is 40.3 Å².